The second kappa shape index (κ2) is 8.89. The largest absolute Gasteiger partial charge is 0.493 e. The van der Waals surface area contributed by atoms with Crippen molar-refractivity contribution in [3.63, 3.8) is 0 Å². The zero-order chi connectivity index (χ0) is 22.0. The molecule has 4 rings (SSSR count). The Bertz CT molecular complexity index is 1110. The number of hydrogen-bond donors (Lipinski definition) is 1. The number of para-hydroxylation sites is 1. The van der Waals surface area contributed by atoms with Gasteiger partial charge in [-0.15, -0.1) is 11.8 Å². The molecule has 0 fully saturated rings. The van der Waals surface area contributed by atoms with Crippen molar-refractivity contribution in [2.75, 3.05) is 19.0 Å². The van der Waals surface area contributed by atoms with Crippen molar-refractivity contribution in [3.05, 3.63) is 78.0 Å². The van der Waals surface area contributed by atoms with Crippen LogP contribution in [0.15, 0.2) is 61.2 Å². The van der Waals surface area contributed by atoms with Crippen molar-refractivity contribution >= 4 is 23.5 Å². The van der Waals surface area contributed by atoms with Crippen molar-refractivity contribution in [2.24, 2.45) is 0 Å². The van der Waals surface area contributed by atoms with Gasteiger partial charge in [-0.1, -0.05) is 36.9 Å². The van der Waals surface area contributed by atoms with Crippen LogP contribution in [-0.2, 0) is 4.79 Å². The van der Waals surface area contributed by atoms with E-state index in [1.54, 1.807) is 24.9 Å². The highest BCUT2D eigenvalue weighted by Crippen LogP contribution is 2.47. The lowest BCUT2D eigenvalue weighted by Gasteiger charge is -2.19. The summed E-state index contributed by atoms with van der Waals surface area (Å²) in [5.74, 6) is 1.97. The zero-order valence-corrected chi connectivity index (χ0v) is 18.6. The number of thioether (sulfide) groups is 1. The molecule has 0 saturated heterocycles. The molecule has 6 nitrogen and oxygen atoms in total. The van der Waals surface area contributed by atoms with Gasteiger partial charge in [0.15, 0.2) is 11.5 Å². The standard InChI is InChI=1S/C24H25N3O3S/c1-5-13-30-19-12-11-17(14-20(19)29-4)22-21-15(2)26-27(18-9-7-6-8-10-18)23(21)25-24(28)16(3)31-22/h5-12,14,16,22H,1,13H2,2-4H3,(H,25,28)/t16-,22+/m1/s1. The van der Waals surface area contributed by atoms with Gasteiger partial charge in [0.2, 0.25) is 5.91 Å². The molecule has 1 amide bonds. The van der Waals surface area contributed by atoms with Crippen molar-refractivity contribution < 1.29 is 14.3 Å². The van der Waals surface area contributed by atoms with Gasteiger partial charge in [0.05, 0.1) is 29.0 Å². The normalized spacial score (nSPS) is 18.0. The number of carbonyl (C=O) groups excluding carboxylic acids is 1. The van der Waals surface area contributed by atoms with Gasteiger partial charge in [-0.05, 0) is 43.7 Å². The van der Waals surface area contributed by atoms with Crippen molar-refractivity contribution in [3.8, 4) is 17.2 Å². The van der Waals surface area contributed by atoms with Gasteiger partial charge in [0.1, 0.15) is 12.4 Å². The lowest BCUT2D eigenvalue weighted by molar-refractivity contribution is -0.115. The minimum Gasteiger partial charge on any atom is -0.493 e. The van der Waals surface area contributed by atoms with Crippen LogP contribution in [0.25, 0.3) is 5.69 Å². The maximum Gasteiger partial charge on any atom is 0.238 e. The number of nitrogens with one attached hydrogen (secondary N) is 1. The summed E-state index contributed by atoms with van der Waals surface area (Å²) in [5.41, 5.74) is 3.79. The third-order valence-electron chi connectivity index (χ3n) is 5.17. The first-order chi connectivity index (χ1) is 15.0. The van der Waals surface area contributed by atoms with Crippen LogP contribution in [-0.4, -0.2) is 34.7 Å². The number of carbonyl (C=O) groups is 1. The highest BCUT2D eigenvalue weighted by molar-refractivity contribution is 8.01. The number of benzene rings is 2. The SMILES string of the molecule is C=CCOc1ccc([C@@H]2S[C@H](C)C(=O)Nc3c2c(C)nn3-c2ccccc2)cc1OC. The second-order valence-electron chi connectivity index (χ2n) is 7.25. The summed E-state index contributed by atoms with van der Waals surface area (Å²) in [6, 6.07) is 15.7. The van der Waals surface area contributed by atoms with E-state index < -0.39 is 0 Å². The molecule has 2 heterocycles. The summed E-state index contributed by atoms with van der Waals surface area (Å²) in [4.78, 5) is 12.8. The van der Waals surface area contributed by atoms with Gasteiger partial charge in [0.25, 0.3) is 0 Å². The number of rotatable bonds is 6. The minimum atomic E-state index is -0.233. The van der Waals surface area contributed by atoms with Crippen LogP contribution in [0.1, 0.15) is 29.0 Å². The second-order valence-corrected chi connectivity index (χ2v) is 8.70. The van der Waals surface area contributed by atoms with Crippen molar-refractivity contribution in [2.45, 2.75) is 24.3 Å². The summed E-state index contributed by atoms with van der Waals surface area (Å²) in [5, 5.41) is 7.54. The van der Waals surface area contributed by atoms with E-state index in [0.717, 1.165) is 22.5 Å². The van der Waals surface area contributed by atoms with Crippen LogP contribution in [0, 0.1) is 6.92 Å². The third kappa shape index (κ3) is 4.05. The molecule has 0 unspecified atom stereocenters. The predicted molar refractivity (Wildman–Crippen MR) is 125 cm³/mol. The maximum absolute atomic E-state index is 12.8. The topological polar surface area (TPSA) is 65.4 Å². The predicted octanol–water partition coefficient (Wildman–Crippen LogP) is 4.92. The van der Waals surface area contributed by atoms with Crippen LogP contribution >= 0.6 is 11.8 Å². The number of fused-ring (bicyclic) bond motifs is 1. The Labute approximate surface area is 186 Å². The Hall–Kier alpha value is -3.19. The first kappa shape index (κ1) is 21.1. The van der Waals surface area contributed by atoms with Crippen LogP contribution in [0.3, 0.4) is 0 Å². The number of anilines is 1. The smallest absolute Gasteiger partial charge is 0.238 e. The van der Waals surface area contributed by atoms with E-state index in [9.17, 15) is 4.79 Å². The molecule has 0 bridgehead atoms. The summed E-state index contributed by atoms with van der Waals surface area (Å²) >= 11 is 1.60. The molecule has 2 aromatic carbocycles. The lowest BCUT2D eigenvalue weighted by Crippen LogP contribution is -2.22. The molecule has 1 N–H and O–H groups in total. The Morgan fingerprint density at radius 3 is 2.71 bits per heavy atom. The van der Waals surface area contributed by atoms with Gasteiger partial charge >= 0.3 is 0 Å². The molecule has 0 aliphatic carbocycles. The number of methoxy groups -OCH3 is 1. The molecule has 7 heteroatoms. The maximum atomic E-state index is 12.8. The summed E-state index contributed by atoms with van der Waals surface area (Å²) in [6.07, 6.45) is 1.70. The molecule has 1 aliphatic heterocycles. The highest BCUT2D eigenvalue weighted by atomic mass is 32.2. The van der Waals surface area contributed by atoms with E-state index in [-0.39, 0.29) is 16.4 Å². The molecule has 3 aromatic rings. The first-order valence-corrected chi connectivity index (χ1v) is 11.0. The summed E-state index contributed by atoms with van der Waals surface area (Å²) in [7, 11) is 1.62. The fraction of sp³-hybridized carbons (Fsp3) is 0.250. The lowest BCUT2D eigenvalue weighted by atomic mass is 10.0. The molecule has 1 aliphatic rings. The van der Waals surface area contributed by atoms with Crippen LogP contribution < -0.4 is 14.8 Å². The van der Waals surface area contributed by atoms with Crippen LogP contribution in [0.4, 0.5) is 5.82 Å². The van der Waals surface area contributed by atoms with Gasteiger partial charge in [-0.3, -0.25) is 4.79 Å². The average molecular weight is 436 g/mol. The van der Waals surface area contributed by atoms with E-state index in [1.165, 1.54) is 0 Å². The minimum absolute atomic E-state index is 0.0382. The Kier molecular flexibility index (Phi) is 6.04. The van der Waals surface area contributed by atoms with Crippen LogP contribution in [0.2, 0.25) is 0 Å². The van der Waals surface area contributed by atoms with Gasteiger partial charge in [-0.2, -0.15) is 5.10 Å². The molecule has 0 saturated carbocycles. The van der Waals surface area contributed by atoms with E-state index >= 15 is 0 Å². The van der Waals surface area contributed by atoms with E-state index in [0.29, 0.717) is 23.9 Å². The molecular weight excluding hydrogens is 410 g/mol. The summed E-state index contributed by atoms with van der Waals surface area (Å²) in [6.45, 7) is 7.99. The highest BCUT2D eigenvalue weighted by Gasteiger charge is 2.34. The van der Waals surface area contributed by atoms with Gasteiger partial charge in [0, 0.05) is 5.56 Å². The van der Waals surface area contributed by atoms with Crippen LogP contribution in [0.5, 0.6) is 11.5 Å². The molecule has 31 heavy (non-hydrogen) atoms. The van der Waals surface area contributed by atoms with Crippen molar-refractivity contribution in [1.29, 1.82) is 0 Å². The number of hydrogen-bond acceptors (Lipinski definition) is 5. The number of nitrogens with zero attached hydrogens (tertiary/aromatic N) is 2. The average Bonchev–Trinajstić information content (AvgIpc) is 3.04. The molecular formula is C24H25N3O3S. The molecule has 1 aromatic heterocycles. The third-order valence-corrected chi connectivity index (χ3v) is 6.57. The van der Waals surface area contributed by atoms with Crippen molar-refractivity contribution in [1.82, 2.24) is 9.78 Å². The Morgan fingerprint density at radius 1 is 1.23 bits per heavy atom. The summed E-state index contributed by atoms with van der Waals surface area (Å²) < 4.78 is 13.1. The number of amides is 1. The number of aryl methyl sites for hydroxylation is 1. The number of ether oxygens (including phenoxy) is 2. The van der Waals surface area contributed by atoms with E-state index in [2.05, 4.69) is 11.9 Å². The molecule has 0 radical (unpaired) electrons. The molecule has 2 atom stereocenters. The monoisotopic (exact) mass is 435 g/mol. The van der Waals surface area contributed by atoms with E-state index in [4.69, 9.17) is 14.6 Å². The van der Waals surface area contributed by atoms with Gasteiger partial charge in [-0.25, -0.2) is 4.68 Å². The quantitative estimate of drug-likeness (QED) is 0.557. The number of aromatic nitrogens is 2. The first-order valence-electron chi connectivity index (χ1n) is 10.1. The fourth-order valence-corrected chi connectivity index (χ4v) is 4.96. The Balaban J connectivity index is 1.84. The van der Waals surface area contributed by atoms with Gasteiger partial charge < -0.3 is 14.8 Å². The fourth-order valence-electron chi connectivity index (χ4n) is 3.64. The zero-order valence-electron chi connectivity index (χ0n) is 17.8. The Morgan fingerprint density at radius 2 is 2.00 bits per heavy atom. The molecule has 0 spiro atoms. The van der Waals surface area contributed by atoms with E-state index in [1.807, 2.05) is 67.1 Å². The molecule has 160 valence electrons.